The maximum Gasteiger partial charge on any atom is 0.347 e. The highest BCUT2D eigenvalue weighted by Crippen LogP contribution is 2.32. The monoisotopic (exact) mass is 368 g/mol. The van der Waals surface area contributed by atoms with E-state index in [4.69, 9.17) is 18.6 Å². The zero-order chi connectivity index (χ0) is 19.4. The van der Waals surface area contributed by atoms with Gasteiger partial charge in [-0.05, 0) is 13.8 Å². The average molecular weight is 368 g/mol. The van der Waals surface area contributed by atoms with E-state index in [1.54, 1.807) is 26.0 Å². The number of esters is 1. The molecule has 1 heterocycles. The molecule has 0 fully saturated rings. The number of benzene rings is 2. The van der Waals surface area contributed by atoms with Crippen LogP contribution in [-0.4, -0.2) is 25.8 Å². The second-order valence-corrected chi connectivity index (χ2v) is 5.85. The normalized spacial score (nSPS) is 11.8. The molecule has 3 aromatic rings. The molecule has 0 aliphatic rings. The predicted molar refractivity (Wildman–Crippen MR) is 101 cm³/mol. The summed E-state index contributed by atoms with van der Waals surface area (Å²) in [6.07, 6.45) is -0.809. The number of carbonyl (C=O) groups excluding carboxylic acids is 1. The van der Waals surface area contributed by atoms with Crippen LogP contribution in [0.15, 0.2) is 57.7 Å². The molecule has 1 unspecified atom stereocenters. The van der Waals surface area contributed by atoms with Crippen molar-refractivity contribution in [3.63, 3.8) is 0 Å². The molecule has 1 atom stereocenters. The highest BCUT2D eigenvalue weighted by Gasteiger charge is 2.19. The van der Waals surface area contributed by atoms with Gasteiger partial charge in [-0.15, -0.1) is 0 Å². The van der Waals surface area contributed by atoms with Gasteiger partial charge in [0.2, 0.25) is 0 Å². The van der Waals surface area contributed by atoms with Gasteiger partial charge in [-0.25, -0.2) is 4.79 Å². The Bertz CT molecular complexity index is 1010. The highest BCUT2D eigenvalue weighted by molar-refractivity contribution is 5.86. The van der Waals surface area contributed by atoms with Crippen molar-refractivity contribution in [1.82, 2.24) is 0 Å². The summed E-state index contributed by atoms with van der Waals surface area (Å²) in [5.74, 6) is 0.613. The minimum absolute atomic E-state index is 0.225. The Labute approximate surface area is 156 Å². The summed E-state index contributed by atoms with van der Waals surface area (Å²) in [7, 11) is 1.46. The van der Waals surface area contributed by atoms with Crippen molar-refractivity contribution in [3.8, 4) is 22.8 Å². The smallest absolute Gasteiger partial charge is 0.347 e. The van der Waals surface area contributed by atoms with Crippen molar-refractivity contribution in [1.29, 1.82) is 0 Å². The SMILES string of the molecule is CCOC(=O)C(C)Oc1cc(OC)c2c(=O)cc(-c3ccccc3)oc2c1. The van der Waals surface area contributed by atoms with E-state index < -0.39 is 12.1 Å². The van der Waals surface area contributed by atoms with Crippen LogP contribution in [0.4, 0.5) is 0 Å². The number of methoxy groups -OCH3 is 1. The van der Waals surface area contributed by atoms with Crippen molar-refractivity contribution >= 4 is 16.9 Å². The third kappa shape index (κ3) is 3.95. The second kappa shape index (κ2) is 7.95. The summed E-state index contributed by atoms with van der Waals surface area (Å²) in [5.41, 5.74) is 0.866. The van der Waals surface area contributed by atoms with Gasteiger partial charge in [-0.3, -0.25) is 4.79 Å². The van der Waals surface area contributed by atoms with Gasteiger partial charge in [0.15, 0.2) is 11.5 Å². The number of carbonyl (C=O) groups is 1. The van der Waals surface area contributed by atoms with Gasteiger partial charge in [0.1, 0.15) is 28.2 Å². The van der Waals surface area contributed by atoms with Gasteiger partial charge in [-0.1, -0.05) is 30.3 Å². The van der Waals surface area contributed by atoms with Gasteiger partial charge in [0.25, 0.3) is 0 Å². The van der Waals surface area contributed by atoms with Crippen molar-refractivity contribution in [3.05, 3.63) is 58.8 Å². The lowest BCUT2D eigenvalue weighted by atomic mass is 10.1. The molecule has 0 aliphatic heterocycles. The first-order chi connectivity index (χ1) is 13.0. The number of rotatable bonds is 6. The first-order valence-electron chi connectivity index (χ1n) is 8.58. The quantitative estimate of drug-likeness (QED) is 0.616. The zero-order valence-corrected chi connectivity index (χ0v) is 15.4. The van der Waals surface area contributed by atoms with Gasteiger partial charge < -0.3 is 18.6 Å². The number of fused-ring (bicyclic) bond motifs is 1. The number of ether oxygens (including phenoxy) is 3. The minimum Gasteiger partial charge on any atom is -0.496 e. The van der Waals surface area contributed by atoms with Gasteiger partial charge in [0.05, 0.1) is 13.7 Å². The van der Waals surface area contributed by atoms with Crippen molar-refractivity contribution < 1.29 is 23.4 Å². The molecule has 2 aromatic carbocycles. The van der Waals surface area contributed by atoms with Crippen LogP contribution >= 0.6 is 0 Å². The molecule has 140 valence electrons. The Morgan fingerprint density at radius 3 is 2.56 bits per heavy atom. The standard InChI is InChI=1S/C21H20O6/c1-4-25-21(23)13(2)26-15-10-18(24-3)20-16(22)12-17(27-19(20)11-15)14-8-6-5-7-9-14/h5-13H,4H2,1-3H3. The average Bonchev–Trinajstić information content (AvgIpc) is 2.67. The molecule has 0 N–H and O–H groups in total. The molecule has 6 nitrogen and oxygen atoms in total. The second-order valence-electron chi connectivity index (χ2n) is 5.85. The first-order valence-corrected chi connectivity index (χ1v) is 8.58. The van der Waals surface area contributed by atoms with Crippen LogP contribution in [0.25, 0.3) is 22.3 Å². The summed E-state index contributed by atoms with van der Waals surface area (Å²) in [6.45, 7) is 3.58. The van der Waals surface area contributed by atoms with Crippen molar-refractivity contribution in [2.75, 3.05) is 13.7 Å². The molecule has 27 heavy (non-hydrogen) atoms. The van der Waals surface area contributed by atoms with Crippen LogP contribution in [0.3, 0.4) is 0 Å². The van der Waals surface area contributed by atoms with Gasteiger partial charge in [-0.2, -0.15) is 0 Å². The van der Waals surface area contributed by atoms with Gasteiger partial charge >= 0.3 is 5.97 Å². The molecule has 6 heteroatoms. The molecule has 3 rings (SSSR count). The van der Waals surface area contributed by atoms with Crippen LogP contribution < -0.4 is 14.9 Å². The summed E-state index contributed by atoms with van der Waals surface area (Å²) >= 11 is 0. The van der Waals surface area contributed by atoms with E-state index in [-0.39, 0.29) is 12.0 Å². The summed E-state index contributed by atoms with van der Waals surface area (Å²) < 4.78 is 21.8. The van der Waals surface area contributed by atoms with Gasteiger partial charge in [0, 0.05) is 23.8 Å². The Morgan fingerprint density at radius 2 is 1.89 bits per heavy atom. The van der Waals surface area contributed by atoms with Crippen LogP contribution in [0.2, 0.25) is 0 Å². The highest BCUT2D eigenvalue weighted by atomic mass is 16.6. The molecule has 1 aromatic heterocycles. The summed E-state index contributed by atoms with van der Waals surface area (Å²) in [5, 5.41) is 0.313. The molecule has 0 aliphatic carbocycles. The maximum absolute atomic E-state index is 12.6. The lowest BCUT2D eigenvalue weighted by Gasteiger charge is -2.15. The van der Waals surface area contributed by atoms with E-state index in [2.05, 4.69) is 0 Å². The predicted octanol–water partition coefficient (Wildman–Crippen LogP) is 3.80. The first kappa shape index (κ1) is 18.5. The molecule has 0 radical (unpaired) electrons. The van der Waals surface area contributed by atoms with Crippen molar-refractivity contribution in [2.45, 2.75) is 20.0 Å². The Balaban J connectivity index is 2.07. The summed E-state index contributed by atoms with van der Waals surface area (Å²) in [4.78, 5) is 24.4. The van der Waals surface area contributed by atoms with E-state index >= 15 is 0 Å². The largest absolute Gasteiger partial charge is 0.496 e. The molecule has 0 amide bonds. The third-order valence-corrected chi connectivity index (χ3v) is 3.98. The Hall–Kier alpha value is -3.28. The fourth-order valence-corrected chi connectivity index (χ4v) is 2.71. The van der Waals surface area contributed by atoms with Crippen molar-refractivity contribution in [2.24, 2.45) is 0 Å². The van der Waals surface area contributed by atoms with E-state index in [1.807, 2.05) is 30.3 Å². The number of hydrogen-bond acceptors (Lipinski definition) is 6. The minimum atomic E-state index is -0.809. The van der Waals surface area contributed by atoms with E-state index in [1.165, 1.54) is 13.2 Å². The molecular weight excluding hydrogens is 348 g/mol. The molecule has 0 saturated heterocycles. The fourth-order valence-electron chi connectivity index (χ4n) is 2.71. The third-order valence-electron chi connectivity index (χ3n) is 3.98. The molecule has 0 saturated carbocycles. The zero-order valence-electron chi connectivity index (χ0n) is 15.4. The number of hydrogen-bond donors (Lipinski definition) is 0. The van der Waals surface area contributed by atoms with E-state index in [0.717, 1.165) is 5.56 Å². The molecule has 0 bridgehead atoms. The lowest BCUT2D eigenvalue weighted by molar-refractivity contribution is -0.150. The van der Waals surface area contributed by atoms with E-state index in [0.29, 0.717) is 28.2 Å². The summed E-state index contributed by atoms with van der Waals surface area (Å²) in [6, 6.07) is 13.9. The maximum atomic E-state index is 12.6. The lowest BCUT2D eigenvalue weighted by Crippen LogP contribution is -2.26. The van der Waals surface area contributed by atoms with Crippen LogP contribution in [0.1, 0.15) is 13.8 Å². The topological polar surface area (TPSA) is 75.0 Å². The van der Waals surface area contributed by atoms with Crippen LogP contribution in [-0.2, 0) is 9.53 Å². The van der Waals surface area contributed by atoms with E-state index in [9.17, 15) is 9.59 Å². The molecular formula is C21H20O6. The van der Waals surface area contributed by atoms with Crippen LogP contribution in [0, 0.1) is 0 Å². The van der Waals surface area contributed by atoms with Crippen LogP contribution in [0.5, 0.6) is 11.5 Å². The molecule has 0 spiro atoms. The fraction of sp³-hybridized carbons (Fsp3) is 0.238. The Morgan fingerprint density at radius 1 is 1.15 bits per heavy atom. The Kier molecular flexibility index (Phi) is 5.45.